The van der Waals surface area contributed by atoms with E-state index in [0.717, 1.165) is 12.8 Å². The summed E-state index contributed by atoms with van der Waals surface area (Å²) in [5.41, 5.74) is 0.665. The normalized spacial score (nSPS) is 21.9. The number of nitrogens with one attached hydrogen (secondary N) is 1. The second-order valence-electron chi connectivity index (χ2n) is 6.17. The number of halogens is 3. The SMILES string of the molecule is O=C(CCc1ccccc1O)N[C@H]1CCCC[C@H]1CC(F)(F)F. The zero-order chi connectivity index (χ0) is 16.9. The fraction of sp³-hybridized carbons (Fsp3) is 0.588. The van der Waals surface area contributed by atoms with Crippen LogP contribution in [0.4, 0.5) is 13.2 Å². The number of benzene rings is 1. The Morgan fingerprint density at radius 2 is 1.91 bits per heavy atom. The highest BCUT2D eigenvalue weighted by Crippen LogP contribution is 2.34. The number of phenolic OH excluding ortho intramolecular Hbond substituents is 1. The van der Waals surface area contributed by atoms with Crippen molar-refractivity contribution in [2.75, 3.05) is 0 Å². The lowest BCUT2D eigenvalue weighted by molar-refractivity contribution is -0.150. The first-order valence-electron chi connectivity index (χ1n) is 7.98. The number of carbonyl (C=O) groups is 1. The highest BCUT2D eigenvalue weighted by Gasteiger charge is 2.37. The number of rotatable bonds is 5. The Morgan fingerprint density at radius 3 is 2.61 bits per heavy atom. The van der Waals surface area contributed by atoms with E-state index < -0.39 is 24.6 Å². The Kier molecular flexibility index (Phi) is 5.91. The molecule has 2 rings (SSSR count). The summed E-state index contributed by atoms with van der Waals surface area (Å²) >= 11 is 0. The van der Waals surface area contributed by atoms with Crippen LogP contribution in [0.5, 0.6) is 5.75 Å². The van der Waals surface area contributed by atoms with Crippen LogP contribution in [-0.2, 0) is 11.2 Å². The molecule has 1 fully saturated rings. The molecule has 1 aliphatic carbocycles. The van der Waals surface area contributed by atoms with Gasteiger partial charge in [0, 0.05) is 18.9 Å². The second-order valence-corrected chi connectivity index (χ2v) is 6.17. The minimum atomic E-state index is -4.19. The maximum absolute atomic E-state index is 12.6. The van der Waals surface area contributed by atoms with E-state index >= 15 is 0 Å². The van der Waals surface area contributed by atoms with Gasteiger partial charge in [0.05, 0.1) is 0 Å². The van der Waals surface area contributed by atoms with E-state index in [4.69, 9.17) is 0 Å². The molecular weight excluding hydrogens is 307 g/mol. The van der Waals surface area contributed by atoms with Crippen molar-refractivity contribution in [3.8, 4) is 5.75 Å². The van der Waals surface area contributed by atoms with Gasteiger partial charge in [0.25, 0.3) is 0 Å². The summed E-state index contributed by atoms with van der Waals surface area (Å²) < 4.78 is 37.9. The Bertz CT molecular complexity index is 531. The fourth-order valence-corrected chi connectivity index (χ4v) is 3.19. The molecule has 2 N–H and O–H groups in total. The predicted molar refractivity (Wildman–Crippen MR) is 81.0 cm³/mol. The van der Waals surface area contributed by atoms with Crippen molar-refractivity contribution >= 4 is 5.91 Å². The maximum atomic E-state index is 12.6. The van der Waals surface area contributed by atoms with Gasteiger partial charge in [0.2, 0.25) is 5.91 Å². The lowest BCUT2D eigenvalue weighted by atomic mass is 9.82. The topological polar surface area (TPSA) is 49.3 Å². The second kappa shape index (κ2) is 7.70. The van der Waals surface area contributed by atoms with Gasteiger partial charge in [0.15, 0.2) is 0 Å². The molecule has 0 heterocycles. The van der Waals surface area contributed by atoms with Crippen molar-refractivity contribution in [1.82, 2.24) is 5.32 Å². The third kappa shape index (κ3) is 5.77. The van der Waals surface area contributed by atoms with Crippen LogP contribution in [0.25, 0.3) is 0 Å². The van der Waals surface area contributed by atoms with Crippen LogP contribution in [0.15, 0.2) is 24.3 Å². The quantitative estimate of drug-likeness (QED) is 0.859. The average molecular weight is 329 g/mol. The summed E-state index contributed by atoms with van der Waals surface area (Å²) in [7, 11) is 0. The molecule has 128 valence electrons. The number of para-hydroxylation sites is 1. The number of phenols is 1. The molecule has 1 saturated carbocycles. The van der Waals surface area contributed by atoms with E-state index in [1.807, 2.05) is 0 Å². The zero-order valence-electron chi connectivity index (χ0n) is 12.9. The molecular formula is C17H22F3NO2. The van der Waals surface area contributed by atoms with Gasteiger partial charge in [-0.2, -0.15) is 13.2 Å². The van der Waals surface area contributed by atoms with Crippen LogP contribution in [0.1, 0.15) is 44.1 Å². The minimum Gasteiger partial charge on any atom is -0.508 e. The van der Waals surface area contributed by atoms with Gasteiger partial charge in [-0.05, 0) is 36.8 Å². The van der Waals surface area contributed by atoms with Crippen molar-refractivity contribution in [3.05, 3.63) is 29.8 Å². The van der Waals surface area contributed by atoms with Gasteiger partial charge in [-0.1, -0.05) is 31.0 Å². The number of alkyl halides is 3. The number of carbonyl (C=O) groups excluding carboxylic acids is 1. The summed E-state index contributed by atoms with van der Waals surface area (Å²) in [6, 6.07) is 6.35. The molecule has 0 spiro atoms. The Morgan fingerprint density at radius 1 is 1.22 bits per heavy atom. The van der Waals surface area contributed by atoms with Crippen LogP contribution in [-0.4, -0.2) is 23.2 Å². The van der Waals surface area contributed by atoms with Crippen molar-refractivity contribution in [2.24, 2.45) is 5.92 Å². The number of aromatic hydroxyl groups is 1. The first kappa shape index (κ1) is 17.6. The van der Waals surface area contributed by atoms with E-state index in [9.17, 15) is 23.1 Å². The number of amides is 1. The van der Waals surface area contributed by atoms with Crippen LogP contribution >= 0.6 is 0 Å². The van der Waals surface area contributed by atoms with E-state index in [1.54, 1.807) is 24.3 Å². The van der Waals surface area contributed by atoms with Crippen LogP contribution < -0.4 is 5.32 Å². The summed E-state index contributed by atoms with van der Waals surface area (Å²) in [5, 5.41) is 12.4. The van der Waals surface area contributed by atoms with E-state index in [0.29, 0.717) is 24.8 Å². The van der Waals surface area contributed by atoms with Crippen molar-refractivity contribution in [3.63, 3.8) is 0 Å². The zero-order valence-corrected chi connectivity index (χ0v) is 12.9. The van der Waals surface area contributed by atoms with E-state index in [-0.39, 0.29) is 18.1 Å². The van der Waals surface area contributed by atoms with Crippen LogP contribution in [0, 0.1) is 5.92 Å². The van der Waals surface area contributed by atoms with Gasteiger partial charge in [0.1, 0.15) is 5.75 Å². The first-order valence-corrected chi connectivity index (χ1v) is 7.98. The third-order valence-corrected chi connectivity index (χ3v) is 4.36. The molecule has 23 heavy (non-hydrogen) atoms. The monoisotopic (exact) mass is 329 g/mol. The number of aryl methyl sites for hydroxylation is 1. The summed E-state index contributed by atoms with van der Waals surface area (Å²) in [6.07, 6.45) is -1.77. The molecule has 1 aromatic carbocycles. The Labute approximate surface area is 133 Å². The summed E-state index contributed by atoms with van der Waals surface area (Å²) in [4.78, 5) is 12.0. The minimum absolute atomic E-state index is 0.132. The number of hydrogen-bond donors (Lipinski definition) is 2. The molecule has 1 aliphatic rings. The van der Waals surface area contributed by atoms with Gasteiger partial charge in [-0.3, -0.25) is 4.79 Å². The molecule has 3 nitrogen and oxygen atoms in total. The Balaban J connectivity index is 1.86. The largest absolute Gasteiger partial charge is 0.508 e. The van der Waals surface area contributed by atoms with Gasteiger partial charge in [-0.15, -0.1) is 0 Å². The van der Waals surface area contributed by atoms with Crippen molar-refractivity contribution in [1.29, 1.82) is 0 Å². The lowest BCUT2D eigenvalue weighted by Gasteiger charge is -2.32. The predicted octanol–water partition coefficient (Wildman–Crippen LogP) is 3.95. The van der Waals surface area contributed by atoms with Crippen molar-refractivity contribution in [2.45, 2.75) is 57.2 Å². The van der Waals surface area contributed by atoms with Gasteiger partial charge < -0.3 is 10.4 Å². The molecule has 0 aliphatic heterocycles. The molecule has 0 saturated heterocycles. The fourth-order valence-electron chi connectivity index (χ4n) is 3.19. The van der Waals surface area contributed by atoms with Crippen LogP contribution in [0.3, 0.4) is 0 Å². The molecule has 0 bridgehead atoms. The molecule has 1 aromatic rings. The van der Waals surface area contributed by atoms with E-state index in [1.165, 1.54) is 0 Å². The maximum Gasteiger partial charge on any atom is 0.389 e. The lowest BCUT2D eigenvalue weighted by Crippen LogP contribution is -2.43. The smallest absolute Gasteiger partial charge is 0.389 e. The van der Waals surface area contributed by atoms with E-state index in [2.05, 4.69) is 5.32 Å². The van der Waals surface area contributed by atoms with Gasteiger partial charge >= 0.3 is 6.18 Å². The van der Waals surface area contributed by atoms with Gasteiger partial charge in [-0.25, -0.2) is 0 Å². The standard InChI is InChI=1S/C17H22F3NO2/c18-17(19,20)11-13-6-1-3-7-14(13)21-16(23)10-9-12-5-2-4-8-15(12)22/h2,4-5,8,13-14,22H,1,3,6-7,9-11H2,(H,21,23)/t13-,14-/m0/s1. The summed E-state index contributed by atoms with van der Waals surface area (Å²) in [5.74, 6) is -0.655. The average Bonchev–Trinajstić information content (AvgIpc) is 2.47. The molecule has 0 unspecified atom stereocenters. The molecule has 0 aromatic heterocycles. The number of hydrogen-bond acceptors (Lipinski definition) is 2. The van der Waals surface area contributed by atoms with Crippen LogP contribution in [0.2, 0.25) is 0 Å². The molecule has 0 radical (unpaired) electrons. The highest BCUT2D eigenvalue weighted by atomic mass is 19.4. The Hall–Kier alpha value is -1.72. The molecule has 2 atom stereocenters. The highest BCUT2D eigenvalue weighted by molar-refractivity contribution is 5.76. The third-order valence-electron chi connectivity index (χ3n) is 4.36. The first-order chi connectivity index (χ1) is 10.8. The van der Waals surface area contributed by atoms with Crippen molar-refractivity contribution < 1.29 is 23.1 Å². The molecule has 6 heteroatoms. The molecule has 1 amide bonds. The summed E-state index contributed by atoms with van der Waals surface area (Å²) in [6.45, 7) is 0.